The van der Waals surface area contributed by atoms with Crippen molar-refractivity contribution in [3.63, 3.8) is 0 Å². The average Bonchev–Trinajstić information content (AvgIpc) is 2.89. The van der Waals surface area contributed by atoms with E-state index in [-0.39, 0.29) is 0 Å². The van der Waals surface area contributed by atoms with Gasteiger partial charge in [0.2, 0.25) is 0 Å². The van der Waals surface area contributed by atoms with Crippen LogP contribution in [0.5, 0.6) is 0 Å². The van der Waals surface area contributed by atoms with E-state index in [0.29, 0.717) is 0 Å². The van der Waals surface area contributed by atoms with Gasteiger partial charge < -0.3 is 0 Å². The van der Waals surface area contributed by atoms with Gasteiger partial charge in [0.1, 0.15) is 0 Å². The van der Waals surface area contributed by atoms with Gasteiger partial charge in [-0.3, -0.25) is 0 Å². The van der Waals surface area contributed by atoms with Crippen molar-refractivity contribution in [2.75, 3.05) is 0 Å². The summed E-state index contributed by atoms with van der Waals surface area (Å²) in [6.07, 6.45) is 15.5. The van der Waals surface area contributed by atoms with Gasteiger partial charge >= 0.3 is 0 Å². The zero-order valence-corrected chi connectivity index (χ0v) is 9.38. The molecule has 0 aliphatic heterocycles. The van der Waals surface area contributed by atoms with Crippen LogP contribution >= 0.6 is 0 Å². The normalized spacial score (nSPS) is 48.0. The molecule has 0 heterocycles. The first kappa shape index (κ1) is 9.24. The Balaban J connectivity index is 0.0000000914. The molecule has 0 radical (unpaired) electrons. The first-order valence-corrected chi connectivity index (χ1v) is 6.93. The molecule has 0 heteroatoms. The quantitative estimate of drug-likeness (QED) is 0.534. The van der Waals surface area contributed by atoms with Gasteiger partial charge in [0.25, 0.3) is 0 Å². The maximum atomic E-state index is 1.58. The second-order valence-electron chi connectivity index (χ2n) is 6.07. The molecule has 4 unspecified atom stereocenters. The number of hydrogen-bond acceptors (Lipinski definition) is 0. The molecule has 0 nitrogen and oxygen atoms in total. The van der Waals surface area contributed by atoms with Crippen LogP contribution in [0, 0.1) is 23.7 Å². The molecule has 0 spiro atoms. The van der Waals surface area contributed by atoms with Crippen LogP contribution in [-0.2, 0) is 0 Å². The smallest absolute Gasteiger partial charge is 0.0383 e. The molecule has 4 saturated carbocycles. The standard InChI is InChI=1S/2C7H12/c1-2-6-4-5-7(6)3-1;1-2-4-7-5-6(7)3-1/h2*6-7H,1-5H2. The summed E-state index contributed by atoms with van der Waals surface area (Å²) in [6.45, 7) is 0. The van der Waals surface area contributed by atoms with Crippen LogP contribution in [0.15, 0.2) is 0 Å². The molecule has 0 aromatic carbocycles. The minimum Gasteiger partial charge on any atom is -0.0530 e. The van der Waals surface area contributed by atoms with E-state index < -0.39 is 0 Å². The lowest BCUT2D eigenvalue weighted by Gasteiger charge is -2.29. The van der Waals surface area contributed by atoms with Crippen molar-refractivity contribution in [3.05, 3.63) is 0 Å². The lowest BCUT2D eigenvalue weighted by Crippen LogP contribution is -2.18. The summed E-state index contributed by atoms with van der Waals surface area (Å²) in [5.41, 5.74) is 0. The highest BCUT2D eigenvalue weighted by Gasteiger charge is 2.37. The van der Waals surface area contributed by atoms with Crippen molar-refractivity contribution in [1.82, 2.24) is 0 Å². The van der Waals surface area contributed by atoms with Gasteiger partial charge in [-0.05, 0) is 42.9 Å². The molecule has 4 aliphatic rings. The first-order valence-electron chi connectivity index (χ1n) is 6.93. The Labute approximate surface area is 88.5 Å². The monoisotopic (exact) mass is 192 g/mol. The van der Waals surface area contributed by atoms with Gasteiger partial charge in [0.05, 0.1) is 0 Å². The summed E-state index contributed by atoms with van der Waals surface area (Å²) >= 11 is 0. The van der Waals surface area contributed by atoms with Crippen LogP contribution in [0.2, 0.25) is 0 Å². The molecule has 4 fully saturated rings. The fourth-order valence-corrected chi connectivity index (χ4v) is 3.87. The minimum atomic E-state index is 1.19. The van der Waals surface area contributed by atoms with Crippen LogP contribution in [0.3, 0.4) is 0 Å². The van der Waals surface area contributed by atoms with E-state index in [1.165, 1.54) is 42.9 Å². The second-order valence-corrected chi connectivity index (χ2v) is 6.07. The van der Waals surface area contributed by atoms with Crippen LogP contribution in [0.4, 0.5) is 0 Å². The molecule has 0 saturated heterocycles. The van der Waals surface area contributed by atoms with Crippen LogP contribution in [0.25, 0.3) is 0 Å². The highest BCUT2D eigenvalue weighted by atomic mass is 14.4. The number of fused-ring (bicyclic) bond motifs is 2. The molecule has 80 valence electrons. The fraction of sp³-hybridized carbons (Fsp3) is 1.00. The first-order chi connectivity index (χ1) is 6.93. The van der Waals surface area contributed by atoms with Crippen molar-refractivity contribution in [2.45, 2.75) is 64.2 Å². The van der Waals surface area contributed by atoms with Crippen LogP contribution < -0.4 is 0 Å². The molecule has 0 amide bonds. The largest absolute Gasteiger partial charge is 0.0530 e. The van der Waals surface area contributed by atoms with Gasteiger partial charge in [-0.15, -0.1) is 0 Å². The van der Waals surface area contributed by atoms with Crippen molar-refractivity contribution in [1.29, 1.82) is 0 Å². The molecule has 0 bridgehead atoms. The summed E-state index contributed by atoms with van der Waals surface area (Å²) in [5, 5.41) is 0. The van der Waals surface area contributed by atoms with Gasteiger partial charge in [0, 0.05) is 0 Å². The lowest BCUT2D eigenvalue weighted by molar-refractivity contribution is 0.219. The molecule has 4 rings (SSSR count). The fourth-order valence-electron chi connectivity index (χ4n) is 3.87. The van der Waals surface area contributed by atoms with E-state index in [1.807, 2.05) is 0 Å². The summed E-state index contributed by atoms with van der Waals surface area (Å²) in [5.74, 6) is 4.79. The highest BCUT2D eigenvalue weighted by Crippen LogP contribution is 2.49. The summed E-state index contributed by atoms with van der Waals surface area (Å²) in [4.78, 5) is 0. The Morgan fingerprint density at radius 1 is 0.429 bits per heavy atom. The number of hydrogen-bond donors (Lipinski definition) is 0. The molecule has 0 aromatic rings. The molecule has 0 aromatic heterocycles. The van der Waals surface area contributed by atoms with Crippen LogP contribution in [-0.4, -0.2) is 0 Å². The average molecular weight is 192 g/mol. The van der Waals surface area contributed by atoms with Crippen molar-refractivity contribution in [3.8, 4) is 0 Å². The van der Waals surface area contributed by atoms with E-state index in [4.69, 9.17) is 0 Å². The second kappa shape index (κ2) is 3.87. The highest BCUT2D eigenvalue weighted by molar-refractivity contribution is 4.88. The summed E-state index contributed by atoms with van der Waals surface area (Å²) < 4.78 is 0. The SMILES string of the molecule is C1CC2CCC2C1.C1CCC2CC2C1. The molecule has 14 heavy (non-hydrogen) atoms. The Morgan fingerprint density at radius 2 is 0.929 bits per heavy atom. The van der Waals surface area contributed by atoms with Crippen molar-refractivity contribution in [2.24, 2.45) is 23.7 Å². The minimum absolute atomic E-state index is 1.19. The Kier molecular flexibility index (Phi) is 2.55. The predicted molar refractivity (Wildman–Crippen MR) is 60.1 cm³/mol. The zero-order chi connectivity index (χ0) is 9.38. The third kappa shape index (κ3) is 1.85. The zero-order valence-electron chi connectivity index (χ0n) is 9.38. The van der Waals surface area contributed by atoms with E-state index in [2.05, 4.69) is 0 Å². The third-order valence-electron chi connectivity index (χ3n) is 5.19. The molecular formula is C14H24. The topological polar surface area (TPSA) is 0 Å². The Hall–Kier alpha value is 0. The van der Waals surface area contributed by atoms with E-state index in [0.717, 1.165) is 0 Å². The van der Waals surface area contributed by atoms with E-state index >= 15 is 0 Å². The maximum Gasteiger partial charge on any atom is -0.0383 e. The summed E-state index contributed by atoms with van der Waals surface area (Å²) in [7, 11) is 0. The predicted octanol–water partition coefficient (Wildman–Crippen LogP) is 4.39. The van der Waals surface area contributed by atoms with Gasteiger partial charge in [0.15, 0.2) is 0 Å². The van der Waals surface area contributed by atoms with Crippen LogP contribution in [0.1, 0.15) is 64.2 Å². The van der Waals surface area contributed by atoms with Crippen molar-refractivity contribution < 1.29 is 0 Å². The molecular weight excluding hydrogens is 168 g/mol. The van der Waals surface area contributed by atoms with Gasteiger partial charge in [-0.25, -0.2) is 0 Å². The number of rotatable bonds is 0. The van der Waals surface area contributed by atoms with Gasteiger partial charge in [-0.2, -0.15) is 0 Å². The summed E-state index contributed by atoms with van der Waals surface area (Å²) in [6, 6.07) is 0. The molecule has 4 aliphatic carbocycles. The Morgan fingerprint density at radius 3 is 1.29 bits per heavy atom. The van der Waals surface area contributed by atoms with Gasteiger partial charge in [-0.1, -0.05) is 44.9 Å². The lowest BCUT2D eigenvalue weighted by atomic mass is 9.77. The Bertz CT molecular complexity index is 176. The van der Waals surface area contributed by atoms with E-state index in [1.54, 1.807) is 44.9 Å². The van der Waals surface area contributed by atoms with E-state index in [9.17, 15) is 0 Å². The van der Waals surface area contributed by atoms with Crippen molar-refractivity contribution >= 4 is 0 Å². The molecule has 0 N–H and O–H groups in total. The maximum absolute atomic E-state index is 1.58. The third-order valence-corrected chi connectivity index (χ3v) is 5.19. The molecule has 4 atom stereocenters.